The molecule has 0 aliphatic carbocycles. The normalized spacial score (nSPS) is 9.27. The molecule has 1 aromatic rings. The summed E-state index contributed by atoms with van der Waals surface area (Å²) < 4.78 is 12.7. The Hall–Kier alpha value is -1.45. The molecule has 4 heteroatoms. The molecule has 0 fully saturated rings. The molecule has 0 aromatic carbocycles. The van der Waals surface area contributed by atoms with Crippen molar-refractivity contribution in [1.29, 1.82) is 0 Å². The van der Waals surface area contributed by atoms with Crippen molar-refractivity contribution in [2.24, 2.45) is 0 Å². The van der Waals surface area contributed by atoms with Gasteiger partial charge in [-0.25, -0.2) is 4.39 Å². The molecule has 1 N–H and O–H groups in total. The topological polar surface area (TPSA) is 42.0 Å². The van der Waals surface area contributed by atoms with E-state index in [1.54, 1.807) is 0 Å². The maximum Gasteiger partial charge on any atom is 0.221 e. The quantitative estimate of drug-likeness (QED) is 0.659. The summed E-state index contributed by atoms with van der Waals surface area (Å²) in [6.45, 7) is 1.31. The predicted molar refractivity (Wildman–Crippen MR) is 38.5 cm³/mol. The Morgan fingerprint density at radius 3 is 3.00 bits per heavy atom. The van der Waals surface area contributed by atoms with Crippen LogP contribution < -0.4 is 5.32 Å². The van der Waals surface area contributed by atoms with Gasteiger partial charge in [-0.2, -0.15) is 0 Å². The summed E-state index contributed by atoms with van der Waals surface area (Å²) in [6, 6.07) is 1.19. The third kappa shape index (κ3) is 2.00. The molecule has 0 atom stereocenters. The number of halogens is 1. The summed E-state index contributed by atoms with van der Waals surface area (Å²) in [4.78, 5) is 14.1. The Balaban J connectivity index is 2.86. The Morgan fingerprint density at radius 2 is 2.45 bits per heavy atom. The van der Waals surface area contributed by atoms with Crippen LogP contribution in [0.4, 0.5) is 10.1 Å². The van der Waals surface area contributed by atoms with E-state index in [0.717, 1.165) is 0 Å². The van der Waals surface area contributed by atoms with Crippen molar-refractivity contribution in [1.82, 2.24) is 4.98 Å². The standard InChI is InChI=1S/C7H7FN2O/c1-5(11)10-7-4-9-3-2-6(7)8/h2-4H,1H3,(H,10,11). The fourth-order valence-electron chi connectivity index (χ4n) is 0.659. The highest BCUT2D eigenvalue weighted by atomic mass is 19.1. The maximum absolute atomic E-state index is 12.7. The number of carbonyl (C=O) groups excluding carboxylic acids is 1. The minimum Gasteiger partial charge on any atom is -0.323 e. The lowest BCUT2D eigenvalue weighted by molar-refractivity contribution is -0.114. The van der Waals surface area contributed by atoms with Crippen LogP contribution >= 0.6 is 0 Å². The van der Waals surface area contributed by atoms with Gasteiger partial charge in [0.15, 0.2) is 0 Å². The molecule has 0 aliphatic rings. The lowest BCUT2D eigenvalue weighted by atomic mass is 10.4. The first-order chi connectivity index (χ1) is 5.20. The summed E-state index contributed by atoms with van der Waals surface area (Å²) in [5.41, 5.74) is 0.111. The molecule has 1 rings (SSSR count). The minimum atomic E-state index is -0.477. The van der Waals surface area contributed by atoms with Gasteiger partial charge >= 0.3 is 0 Å². The second kappa shape index (κ2) is 3.09. The zero-order valence-corrected chi connectivity index (χ0v) is 5.97. The van der Waals surface area contributed by atoms with E-state index in [0.29, 0.717) is 0 Å². The molecule has 1 heterocycles. The highest BCUT2D eigenvalue weighted by molar-refractivity contribution is 5.88. The molecule has 0 saturated heterocycles. The molecular weight excluding hydrogens is 147 g/mol. The van der Waals surface area contributed by atoms with Gasteiger partial charge in [0.2, 0.25) is 5.91 Å². The van der Waals surface area contributed by atoms with Gasteiger partial charge in [0, 0.05) is 13.1 Å². The molecule has 3 nitrogen and oxygen atoms in total. The van der Waals surface area contributed by atoms with Gasteiger partial charge in [-0.1, -0.05) is 0 Å². The van der Waals surface area contributed by atoms with Gasteiger partial charge in [-0.3, -0.25) is 9.78 Å². The average Bonchev–Trinajstić information content (AvgIpc) is 1.93. The number of nitrogens with one attached hydrogen (secondary N) is 1. The number of aromatic nitrogens is 1. The molecule has 0 spiro atoms. The summed E-state index contributed by atoms with van der Waals surface area (Å²) in [7, 11) is 0. The number of hydrogen-bond acceptors (Lipinski definition) is 2. The third-order valence-corrected chi connectivity index (χ3v) is 1.08. The lowest BCUT2D eigenvalue weighted by Crippen LogP contribution is -2.07. The number of nitrogens with zero attached hydrogens (tertiary/aromatic N) is 1. The van der Waals surface area contributed by atoms with E-state index >= 15 is 0 Å². The van der Waals surface area contributed by atoms with Gasteiger partial charge in [0.25, 0.3) is 0 Å². The SMILES string of the molecule is CC(=O)Nc1cnccc1F. The van der Waals surface area contributed by atoms with Gasteiger partial charge in [0.1, 0.15) is 5.82 Å². The predicted octanol–water partition coefficient (Wildman–Crippen LogP) is 1.18. The number of anilines is 1. The van der Waals surface area contributed by atoms with Crippen LogP contribution in [0.25, 0.3) is 0 Å². The number of amides is 1. The minimum absolute atomic E-state index is 0.111. The Morgan fingerprint density at radius 1 is 1.73 bits per heavy atom. The zero-order chi connectivity index (χ0) is 8.27. The van der Waals surface area contributed by atoms with Crippen LogP contribution in [0.3, 0.4) is 0 Å². The van der Waals surface area contributed by atoms with Crippen molar-refractivity contribution in [2.45, 2.75) is 6.92 Å². The van der Waals surface area contributed by atoms with Crippen molar-refractivity contribution in [2.75, 3.05) is 5.32 Å². The van der Waals surface area contributed by atoms with E-state index in [9.17, 15) is 9.18 Å². The Labute approximate surface area is 63.3 Å². The fraction of sp³-hybridized carbons (Fsp3) is 0.143. The third-order valence-electron chi connectivity index (χ3n) is 1.08. The fourth-order valence-corrected chi connectivity index (χ4v) is 0.659. The Bertz CT molecular complexity index is 275. The van der Waals surface area contributed by atoms with Gasteiger partial charge in [-0.05, 0) is 6.07 Å². The van der Waals surface area contributed by atoms with Crippen LogP contribution in [0.1, 0.15) is 6.92 Å². The molecule has 0 bridgehead atoms. The highest BCUT2D eigenvalue weighted by Crippen LogP contribution is 2.09. The average molecular weight is 154 g/mol. The number of pyridine rings is 1. The first-order valence-electron chi connectivity index (χ1n) is 3.07. The number of carbonyl (C=O) groups is 1. The molecule has 0 radical (unpaired) electrons. The largest absolute Gasteiger partial charge is 0.323 e. The van der Waals surface area contributed by atoms with Crippen LogP contribution in [-0.4, -0.2) is 10.9 Å². The van der Waals surface area contributed by atoms with Gasteiger partial charge in [-0.15, -0.1) is 0 Å². The van der Waals surface area contributed by atoms with Crippen molar-refractivity contribution in [3.63, 3.8) is 0 Å². The molecule has 1 amide bonds. The van der Waals surface area contributed by atoms with Crippen molar-refractivity contribution >= 4 is 11.6 Å². The number of hydrogen-bond donors (Lipinski definition) is 1. The van der Waals surface area contributed by atoms with Gasteiger partial charge < -0.3 is 5.32 Å². The van der Waals surface area contributed by atoms with E-state index in [-0.39, 0.29) is 11.6 Å². The lowest BCUT2D eigenvalue weighted by Gasteiger charge is -2.00. The first-order valence-corrected chi connectivity index (χ1v) is 3.07. The van der Waals surface area contributed by atoms with Crippen LogP contribution in [0.2, 0.25) is 0 Å². The second-order valence-corrected chi connectivity index (χ2v) is 2.04. The van der Waals surface area contributed by atoms with Gasteiger partial charge in [0.05, 0.1) is 11.9 Å². The van der Waals surface area contributed by atoms with Crippen LogP contribution in [0.15, 0.2) is 18.5 Å². The smallest absolute Gasteiger partial charge is 0.221 e. The molecule has 58 valence electrons. The second-order valence-electron chi connectivity index (χ2n) is 2.04. The van der Waals surface area contributed by atoms with E-state index < -0.39 is 5.82 Å². The maximum atomic E-state index is 12.7. The monoisotopic (exact) mass is 154 g/mol. The summed E-state index contributed by atoms with van der Waals surface area (Å²) >= 11 is 0. The van der Waals surface area contributed by atoms with Crippen molar-refractivity contribution < 1.29 is 9.18 Å². The molecule has 0 unspecified atom stereocenters. The zero-order valence-electron chi connectivity index (χ0n) is 5.97. The summed E-state index contributed by atoms with van der Waals surface area (Å²) in [5.74, 6) is -0.785. The van der Waals surface area contributed by atoms with Crippen LogP contribution in [0.5, 0.6) is 0 Å². The number of rotatable bonds is 1. The molecule has 1 aromatic heterocycles. The molecule has 11 heavy (non-hydrogen) atoms. The van der Waals surface area contributed by atoms with E-state index in [4.69, 9.17) is 0 Å². The Kier molecular flexibility index (Phi) is 2.15. The summed E-state index contributed by atoms with van der Waals surface area (Å²) in [5, 5.41) is 2.30. The molecule has 0 aliphatic heterocycles. The highest BCUT2D eigenvalue weighted by Gasteiger charge is 2.00. The summed E-state index contributed by atoms with van der Waals surface area (Å²) in [6.07, 6.45) is 2.58. The van der Waals surface area contributed by atoms with Crippen LogP contribution in [0, 0.1) is 5.82 Å². The van der Waals surface area contributed by atoms with E-state index in [2.05, 4.69) is 10.3 Å². The van der Waals surface area contributed by atoms with E-state index in [1.807, 2.05) is 0 Å². The first kappa shape index (κ1) is 7.65. The van der Waals surface area contributed by atoms with Crippen molar-refractivity contribution in [3.05, 3.63) is 24.3 Å². The van der Waals surface area contributed by atoms with Crippen molar-refractivity contribution in [3.8, 4) is 0 Å². The molecular formula is C7H7FN2O. The van der Waals surface area contributed by atoms with Crippen LogP contribution in [-0.2, 0) is 4.79 Å². The molecule has 0 saturated carbocycles. The van der Waals surface area contributed by atoms with E-state index in [1.165, 1.54) is 25.4 Å².